The molecule has 108 valence electrons. The van der Waals surface area contributed by atoms with Crippen molar-refractivity contribution in [2.75, 3.05) is 0 Å². The number of hydrogen-bond donors (Lipinski definition) is 0. The maximum absolute atomic E-state index is 5.79. The van der Waals surface area contributed by atoms with Crippen LogP contribution in [0.2, 0.25) is 0 Å². The Bertz CT molecular complexity index is 559. The van der Waals surface area contributed by atoms with E-state index in [1.54, 1.807) is 11.3 Å². The van der Waals surface area contributed by atoms with Crippen LogP contribution in [0.15, 0.2) is 22.7 Å². The molecule has 0 radical (unpaired) electrons. The second-order valence-corrected chi connectivity index (χ2v) is 7.58. The topological polar surface area (TPSA) is 39.9 Å². The highest BCUT2D eigenvalue weighted by atomic mass is 32.2. The molecule has 2 aromatic heterocycles. The molecule has 20 heavy (non-hydrogen) atoms. The smallest absolute Gasteiger partial charge is 0.191 e. The van der Waals surface area contributed by atoms with Crippen LogP contribution in [0.4, 0.5) is 0 Å². The average molecular weight is 309 g/mol. The maximum atomic E-state index is 5.79. The number of thiophene rings is 1. The molecule has 0 amide bonds. The Kier molecular flexibility index (Phi) is 4.14. The number of ether oxygens (including phenoxy) is 1. The molecule has 0 N–H and O–H groups in total. The number of hydrogen-bond acceptors (Lipinski definition) is 5. The predicted molar refractivity (Wildman–Crippen MR) is 83.2 cm³/mol. The Hall–Kier alpha value is -0.850. The summed E-state index contributed by atoms with van der Waals surface area (Å²) in [5.41, 5.74) is 0. The van der Waals surface area contributed by atoms with Crippen LogP contribution in [0.3, 0.4) is 0 Å². The Morgan fingerprint density at radius 3 is 2.85 bits per heavy atom. The summed E-state index contributed by atoms with van der Waals surface area (Å²) in [6.07, 6.45) is 2.98. The molecule has 0 bridgehead atoms. The normalized spacial score (nSPS) is 22.2. The van der Waals surface area contributed by atoms with Crippen molar-refractivity contribution in [1.82, 2.24) is 14.8 Å². The van der Waals surface area contributed by atoms with Gasteiger partial charge in [0.15, 0.2) is 11.0 Å². The summed E-state index contributed by atoms with van der Waals surface area (Å²) in [5.74, 6) is 0.955. The van der Waals surface area contributed by atoms with Gasteiger partial charge >= 0.3 is 0 Å². The molecule has 1 saturated carbocycles. The van der Waals surface area contributed by atoms with Crippen molar-refractivity contribution in [3.05, 3.63) is 17.5 Å². The van der Waals surface area contributed by atoms with Crippen molar-refractivity contribution in [1.29, 1.82) is 0 Å². The van der Waals surface area contributed by atoms with Gasteiger partial charge in [0.25, 0.3) is 0 Å². The Balaban J connectivity index is 1.60. The minimum Gasteiger partial charge on any atom is -0.375 e. The highest BCUT2D eigenvalue weighted by molar-refractivity contribution is 7.99. The van der Waals surface area contributed by atoms with Gasteiger partial charge in [0.05, 0.1) is 17.1 Å². The van der Waals surface area contributed by atoms with E-state index in [2.05, 4.69) is 40.1 Å². The number of aromatic nitrogens is 3. The molecule has 0 unspecified atom stereocenters. The van der Waals surface area contributed by atoms with Crippen molar-refractivity contribution in [3.8, 4) is 10.7 Å². The molecule has 4 nitrogen and oxygen atoms in total. The lowest BCUT2D eigenvalue weighted by Crippen LogP contribution is -2.35. The first kappa shape index (κ1) is 14.1. The van der Waals surface area contributed by atoms with Gasteiger partial charge in [-0.15, -0.1) is 21.5 Å². The highest BCUT2D eigenvalue weighted by Gasteiger charge is 2.32. The summed E-state index contributed by atoms with van der Waals surface area (Å²) < 4.78 is 7.88. The SMILES string of the molecule is CC(C)OC1CC(Sc2nnc(-c3cccs3)n2C)C1. The van der Waals surface area contributed by atoms with E-state index in [9.17, 15) is 0 Å². The largest absolute Gasteiger partial charge is 0.375 e. The van der Waals surface area contributed by atoms with Crippen LogP contribution in [0.25, 0.3) is 10.7 Å². The lowest BCUT2D eigenvalue weighted by molar-refractivity contribution is -0.0315. The highest BCUT2D eigenvalue weighted by Crippen LogP contribution is 2.38. The zero-order chi connectivity index (χ0) is 14.1. The van der Waals surface area contributed by atoms with Crippen LogP contribution in [0.5, 0.6) is 0 Å². The molecule has 2 aromatic rings. The Morgan fingerprint density at radius 1 is 1.40 bits per heavy atom. The quantitative estimate of drug-likeness (QED) is 0.846. The second-order valence-electron chi connectivity index (χ2n) is 5.36. The predicted octanol–water partition coefficient (Wildman–Crippen LogP) is 3.59. The Morgan fingerprint density at radius 2 is 2.20 bits per heavy atom. The van der Waals surface area contributed by atoms with Gasteiger partial charge in [-0.1, -0.05) is 17.8 Å². The van der Waals surface area contributed by atoms with Crippen molar-refractivity contribution in [2.45, 2.75) is 49.3 Å². The van der Waals surface area contributed by atoms with Gasteiger partial charge in [-0.2, -0.15) is 0 Å². The number of rotatable bonds is 5. The van der Waals surface area contributed by atoms with Crippen LogP contribution < -0.4 is 0 Å². The third-order valence-corrected chi connectivity index (χ3v) is 5.52. The minimum absolute atomic E-state index is 0.325. The van der Waals surface area contributed by atoms with E-state index < -0.39 is 0 Å². The van der Waals surface area contributed by atoms with E-state index in [1.165, 1.54) is 4.88 Å². The van der Waals surface area contributed by atoms with E-state index in [1.807, 2.05) is 24.9 Å². The van der Waals surface area contributed by atoms with Gasteiger partial charge in [0, 0.05) is 12.3 Å². The van der Waals surface area contributed by atoms with Gasteiger partial charge in [-0.25, -0.2) is 0 Å². The van der Waals surface area contributed by atoms with Gasteiger partial charge in [-0.05, 0) is 38.1 Å². The molecular weight excluding hydrogens is 290 g/mol. The monoisotopic (exact) mass is 309 g/mol. The second kappa shape index (κ2) is 5.87. The molecule has 2 heterocycles. The zero-order valence-corrected chi connectivity index (χ0v) is 13.6. The van der Waals surface area contributed by atoms with Crippen molar-refractivity contribution in [3.63, 3.8) is 0 Å². The molecule has 0 aromatic carbocycles. The van der Waals surface area contributed by atoms with E-state index in [0.29, 0.717) is 17.5 Å². The first-order valence-electron chi connectivity index (χ1n) is 6.89. The molecule has 0 aliphatic heterocycles. The van der Waals surface area contributed by atoms with Crippen molar-refractivity contribution < 1.29 is 4.74 Å². The van der Waals surface area contributed by atoms with E-state index >= 15 is 0 Å². The minimum atomic E-state index is 0.325. The lowest BCUT2D eigenvalue weighted by Gasteiger charge is -2.35. The first-order valence-corrected chi connectivity index (χ1v) is 8.65. The molecule has 1 fully saturated rings. The molecule has 0 atom stereocenters. The van der Waals surface area contributed by atoms with Gasteiger partial charge in [-0.3, -0.25) is 0 Å². The van der Waals surface area contributed by atoms with Gasteiger partial charge < -0.3 is 9.30 Å². The summed E-state index contributed by atoms with van der Waals surface area (Å²) in [6.45, 7) is 4.19. The molecule has 3 rings (SSSR count). The molecule has 1 aliphatic rings. The summed E-state index contributed by atoms with van der Waals surface area (Å²) in [7, 11) is 2.04. The molecule has 6 heteroatoms. The maximum Gasteiger partial charge on any atom is 0.191 e. The van der Waals surface area contributed by atoms with Crippen LogP contribution in [0.1, 0.15) is 26.7 Å². The Labute approximate surface area is 127 Å². The molecule has 0 spiro atoms. The average Bonchev–Trinajstić information content (AvgIpc) is 2.96. The van der Waals surface area contributed by atoms with Crippen LogP contribution in [-0.4, -0.2) is 32.2 Å². The fourth-order valence-corrected chi connectivity index (χ4v) is 4.29. The van der Waals surface area contributed by atoms with Crippen molar-refractivity contribution >= 4 is 23.1 Å². The van der Waals surface area contributed by atoms with Crippen LogP contribution in [0, 0.1) is 0 Å². The molecule has 0 saturated heterocycles. The van der Waals surface area contributed by atoms with E-state index in [0.717, 1.165) is 23.8 Å². The van der Waals surface area contributed by atoms with Crippen LogP contribution >= 0.6 is 23.1 Å². The standard InChI is InChI=1S/C14H19N3OS2/c1-9(2)18-10-7-11(8-10)20-14-16-15-13(17(14)3)12-5-4-6-19-12/h4-6,9-11H,7-8H2,1-3H3. The third-order valence-electron chi connectivity index (χ3n) is 3.36. The third kappa shape index (κ3) is 2.92. The van der Waals surface area contributed by atoms with E-state index in [4.69, 9.17) is 4.74 Å². The number of nitrogens with zero attached hydrogens (tertiary/aromatic N) is 3. The molecular formula is C14H19N3OS2. The molecule has 1 aliphatic carbocycles. The summed E-state index contributed by atoms with van der Waals surface area (Å²) >= 11 is 3.52. The van der Waals surface area contributed by atoms with Crippen LogP contribution in [-0.2, 0) is 11.8 Å². The lowest BCUT2D eigenvalue weighted by atomic mass is 9.95. The summed E-state index contributed by atoms with van der Waals surface area (Å²) in [4.78, 5) is 1.17. The van der Waals surface area contributed by atoms with Gasteiger partial charge in [0.2, 0.25) is 0 Å². The fourth-order valence-electron chi connectivity index (χ4n) is 2.30. The zero-order valence-electron chi connectivity index (χ0n) is 11.9. The van der Waals surface area contributed by atoms with Crippen molar-refractivity contribution in [2.24, 2.45) is 7.05 Å². The summed E-state index contributed by atoms with van der Waals surface area (Å²) in [5, 5.41) is 12.3. The summed E-state index contributed by atoms with van der Waals surface area (Å²) in [6, 6.07) is 4.13. The first-order chi connectivity index (χ1) is 9.63. The number of thioether (sulfide) groups is 1. The fraction of sp³-hybridized carbons (Fsp3) is 0.571. The van der Waals surface area contributed by atoms with E-state index in [-0.39, 0.29) is 0 Å². The van der Waals surface area contributed by atoms with Gasteiger partial charge in [0.1, 0.15) is 0 Å².